The van der Waals surface area contributed by atoms with Crippen LogP contribution in [0.15, 0.2) is 58.6 Å². The highest BCUT2D eigenvalue weighted by Gasteiger charge is 2.58. The largest absolute Gasteiger partial charge is 0.469 e. The molecule has 1 aliphatic carbocycles. The van der Waals surface area contributed by atoms with Crippen LogP contribution in [0, 0.1) is 23.6 Å². The molecule has 1 heterocycles. The number of esters is 1. The Morgan fingerprint density at radius 3 is 2.64 bits per heavy atom. The SMILES string of the molecule is COC(=O)CCCC=CC[C@H]1[C@H](C=C(Br)C(=O)C(C)CC=C(C)C)[C@@H]2C[C@@]1(c1ccc(F)cc1)CO2. The van der Waals surface area contributed by atoms with E-state index in [1.807, 2.05) is 32.9 Å². The van der Waals surface area contributed by atoms with E-state index in [2.05, 4.69) is 40.2 Å². The van der Waals surface area contributed by atoms with Gasteiger partial charge in [0, 0.05) is 23.7 Å². The molecular weight excluding hydrogens is 523 g/mol. The zero-order valence-corrected chi connectivity index (χ0v) is 23.4. The molecule has 36 heavy (non-hydrogen) atoms. The van der Waals surface area contributed by atoms with Crippen molar-refractivity contribution in [1.82, 2.24) is 0 Å². The Balaban J connectivity index is 1.81. The number of benzene rings is 1. The second kappa shape index (κ2) is 13.0. The first-order chi connectivity index (χ1) is 17.2. The number of ether oxygens (including phenoxy) is 2. The van der Waals surface area contributed by atoms with Crippen LogP contribution in [-0.2, 0) is 24.5 Å². The molecule has 196 valence electrons. The van der Waals surface area contributed by atoms with Gasteiger partial charge in [0.2, 0.25) is 0 Å². The number of ketones is 1. The van der Waals surface area contributed by atoms with E-state index < -0.39 is 0 Å². The van der Waals surface area contributed by atoms with Crippen molar-refractivity contribution in [3.05, 3.63) is 70.0 Å². The minimum Gasteiger partial charge on any atom is -0.469 e. The molecule has 0 spiro atoms. The molecule has 2 aliphatic rings. The number of rotatable bonds is 12. The Morgan fingerprint density at radius 2 is 1.97 bits per heavy atom. The maximum absolute atomic E-state index is 13.7. The predicted octanol–water partition coefficient (Wildman–Crippen LogP) is 7.23. The second-order valence-electron chi connectivity index (χ2n) is 10.4. The number of allylic oxidation sites excluding steroid dienone is 5. The lowest BCUT2D eigenvalue weighted by Crippen LogP contribution is -2.39. The summed E-state index contributed by atoms with van der Waals surface area (Å²) in [6.07, 6.45) is 12.8. The lowest BCUT2D eigenvalue weighted by atomic mass is 9.69. The Morgan fingerprint density at radius 1 is 1.25 bits per heavy atom. The van der Waals surface area contributed by atoms with E-state index in [0.717, 1.165) is 31.2 Å². The van der Waals surface area contributed by atoms with Crippen LogP contribution in [0.3, 0.4) is 0 Å². The van der Waals surface area contributed by atoms with Crippen molar-refractivity contribution in [3.63, 3.8) is 0 Å². The Hall–Kier alpha value is -2.05. The molecule has 5 atom stereocenters. The van der Waals surface area contributed by atoms with Gasteiger partial charge in [0.15, 0.2) is 5.78 Å². The van der Waals surface area contributed by atoms with Crippen molar-refractivity contribution in [2.24, 2.45) is 17.8 Å². The van der Waals surface area contributed by atoms with Gasteiger partial charge >= 0.3 is 5.97 Å². The van der Waals surface area contributed by atoms with Crippen molar-refractivity contribution in [2.75, 3.05) is 13.7 Å². The molecule has 2 bridgehead atoms. The molecular formula is C30H38BrFO4. The summed E-state index contributed by atoms with van der Waals surface area (Å²) in [6.45, 7) is 6.63. The average Bonchev–Trinajstić information content (AvgIpc) is 3.42. The van der Waals surface area contributed by atoms with Gasteiger partial charge in [-0.25, -0.2) is 4.39 Å². The molecule has 1 aromatic rings. The summed E-state index contributed by atoms with van der Waals surface area (Å²) < 4.78 is 25.3. The smallest absolute Gasteiger partial charge is 0.305 e. The van der Waals surface area contributed by atoms with E-state index in [1.165, 1.54) is 24.8 Å². The van der Waals surface area contributed by atoms with Gasteiger partial charge in [0.25, 0.3) is 0 Å². The summed E-state index contributed by atoms with van der Waals surface area (Å²) in [5.41, 5.74) is 2.07. The zero-order valence-electron chi connectivity index (χ0n) is 21.8. The number of fused-ring (bicyclic) bond motifs is 2. The number of carbonyl (C=O) groups is 2. The van der Waals surface area contributed by atoms with E-state index in [-0.39, 0.29) is 46.8 Å². The van der Waals surface area contributed by atoms with E-state index in [0.29, 0.717) is 23.9 Å². The minimum absolute atomic E-state index is 0.0150. The third kappa shape index (κ3) is 6.83. The molecule has 6 heteroatoms. The molecule has 1 unspecified atom stereocenters. The number of hydrogen-bond acceptors (Lipinski definition) is 4. The van der Waals surface area contributed by atoms with Crippen molar-refractivity contribution in [3.8, 4) is 0 Å². The summed E-state index contributed by atoms with van der Waals surface area (Å²) in [7, 11) is 1.41. The van der Waals surface area contributed by atoms with Gasteiger partial charge in [-0.1, -0.05) is 48.9 Å². The van der Waals surface area contributed by atoms with Crippen LogP contribution >= 0.6 is 15.9 Å². The summed E-state index contributed by atoms with van der Waals surface area (Å²) >= 11 is 3.59. The third-order valence-corrected chi connectivity index (χ3v) is 8.24. The normalized spacial score (nSPS) is 26.3. The molecule has 1 saturated heterocycles. The van der Waals surface area contributed by atoms with Gasteiger partial charge in [-0.15, -0.1) is 0 Å². The average molecular weight is 562 g/mol. The molecule has 4 nitrogen and oxygen atoms in total. The molecule has 0 amide bonds. The number of hydrogen-bond donors (Lipinski definition) is 0. The first kappa shape index (κ1) is 28.5. The minimum atomic E-state index is -0.249. The highest BCUT2D eigenvalue weighted by molar-refractivity contribution is 9.12. The summed E-state index contributed by atoms with van der Waals surface area (Å²) in [5, 5.41) is 0. The zero-order chi connectivity index (χ0) is 26.3. The molecule has 3 rings (SSSR count). The molecule has 2 fully saturated rings. The first-order valence-corrected chi connectivity index (χ1v) is 13.6. The fourth-order valence-electron chi connectivity index (χ4n) is 5.50. The monoisotopic (exact) mass is 560 g/mol. The molecule has 1 saturated carbocycles. The quantitative estimate of drug-likeness (QED) is 0.117. The number of halogens is 2. The van der Waals surface area contributed by atoms with Crippen LogP contribution in [0.2, 0.25) is 0 Å². The standard InChI is InChI=1S/C30H38BrFO4/c1-20(2)11-12-21(3)29(34)26(31)17-24-25(9-7-5-6-8-10-28(33)35-4)30(18-27(24)36-19-30)22-13-15-23(32)16-14-22/h5,7,11,13-17,21,24-25,27H,6,8-10,12,18-19H2,1-4H3/t21?,24-,25-,27-,30-/m0/s1. The molecule has 0 aromatic heterocycles. The number of Topliss-reactive ketones (excluding diaryl/α,β-unsaturated/α-hetero) is 1. The van der Waals surface area contributed by atoms with E-state index >= 15 is 0 Å². The summed E-state index contributed by atoms with van der Waals surface area (Å²) in [5.74, 6) is -0.166. The second-order valence-corrected chi connectivity index (χ2v) is 11.2. The highest BCUT2D eigenvalue weighted by Crippen LogP contribution is 2.57. The third-order valence-electron chi connectivity index (χ3n) is 7.58. The highest BCUT2D eigenvalue weighted by atomic mass is 79.9. The van der Waals surface area contributed by atoms with Crippen LogP contribution in [0.1, 0.15) is 64.9 Å². The van der Waals surface area contributed by atoms with Crippen LogP contribution in [0.4, 0.5) is 4.39 Å². The van der Waals surface area contributed by atoms with Crippen molar-refractivity contribution < 1.29 is 23.5 Å². The lowest BCUT2D eigenvalue weighted by Gasteiger charge is -2.38. The van der Waals surface area contributed by atoms with E-state index in [9.17, 15) is 14.0 Å². The summed E-state index contributed by atoms with van der Waals surface area (Å²) in [4.78, 5) is 24.4. The number of unbranched alkanes of at least 4 members (excludes halogenated alkanes) is 1. The van der Waals surface area contributed by atoms with Crippen LogP contribution in [0.5, 0.6) is 0 Å². The van der Waals surface area contributed by atoms with Gasteiger partial charge in [-0.3, -0.25) is 9.59 Å². The number of methoxy groups -OCH3 is 1. The molecule has 1 aliphatic heterocycles. The Bertz CT molecular complexity index is 1010. The maximum atomic E-state index is 13.7. The van der Waals surface area contributed by atoms with Crippen LogP contribution in [0.25, 0.3) is 0 Å². The van der Waals surface area contributed by atoms with E-state index in [4.69, 9.17) is 9.47 Å². The summed E-state index contributed by atoms with van der Waals surface area (Å²) in [6, 6.07) is 6.79. The molecule has 0 N–H and O–H groups in total. The fraction of sp³-hybridized carbons (Fsp3) is 0.533. The maximum Gasteiger partial charge on any atom is 0.305 e. The van der Waals surface area contributed by atoms with Crippen molar-refractivity contribution in [1.29, 1.82) is 0 Å². The number of carbonyl (C=O) groups excluding carboxylic acids is 2. The Kier molecular flexibility index (Phi) is 10.3. The van der Waals surface area contributed by atoms with Gasteiger partial charge in [0.1, 0.15) is 5.82 Å². The van der Waals surface area contributed by atoms with Crippen LogP contribution < -0.4 is 0 Å². The topological polar surface area (TPSA) is 52.6 Å². The first-order valence-electron chi connectivity index (χ1n) is 12.8. The van der Waals surface area contributed by atoms with Crippen molar-refractivity contribution in [2.45, 2.75) is 70.8 Å². The fourth-order valence-corrected chi connectivity index (χ4v) is 6.20. The lowest BCUT2D eigenvalue weighted by molar-refractivity contribution is -0.140. The molecule has 0 radical (unpaired) electrons. The van der Waals surface area contributed by atoms with Crippen molar-refractivity contribution >= 4 is 27.7 Å². The van der Waals surface area contributed by atoms with E-state index in [1.54, 1.807) is 0 Å². The van der Waals surface area contributed by atoms with Gasteiger partial charge in [-0.2, -0.15) is 0 Å². The van der Waals surface area contributed by atoms with Gasteiger partial charge < -0.3 is 9.47 Å². The van der Waals surface area contributed by atoms with Gasteiger partial charge in [-0.05, 0) is 85.5 Å². The van der Waals surface area contributed by atoms with Gasteiger partial charge in [0.05, 0.1) is 24.3 Å². The molecule has 1 aromatic carbocycles. The Labute approximate surface area is 223 Å². The van der Waals surface area contributed by atoms with Crippen LogP contribution in [-0.4, -0.2) is 31.6 Å². The predicted molar refractivity (Wildman–Crippen MR) is 144 cm³/mol.